The maximum Gasteiger partial charge on any atom is 0.120 e. The Kier molecular flexibility index (Phi) is 9.60. The van der Waals surface area contributed by atoms with Gasteiger partial charge in [0.05, 0.1) is 7.11 Å². The molecule has 4 nitrogen and oxygen atoms in total. The Morgan fingerprint density at radius 3 is 1.74 bits per heavy atom. The van der Waals surface area contributed by atoms with Crippen LogP contribution in [0.2, 0.25) is 0 Å². The van der Waals surface area contributed by atoms with Gasteiger partial charge in [0.25, 0.3) is 0 Å². The third-order valence-electron chi connectivity index (χ3n) is 7.35. The molecule has 216 valence electrons. The number of para-hydroxylation sites is 2. The van der Waals surface area contributed by atoms with E-state index in [0.29, 0.717) is 0 Å². The third-order valence-corrected chi connectivity index (χ3v) is 7.35. The van der Waals surface area contributed by atoms with E-state index in [-0.39, 0.29) is 11.7 Å². The first-order valence-corrected chi connectivity index (χ1v) is 14.8. The molecule has 0 fully saturated rings. The Labute approximate surface area is 255 Å². The minimum absolute atomic E-state index is 0.250. The molecule has 1 N–H and O–H groups in total. The van der Waals surface area contributed by atoms with Gasteiger partial charge in [-0.05, 0) is 78.7 Å². The Hall–Kier alpha value is -5.22. The number of rotatable bonds is 8. The van der Waals surface area contributed by atoms with Crippen molar-refractivity contribution in [3.05, 3.63) is 163 Å². The summed E-state index contributed by atoms with van der Waals surface area (Å²) in [7, 11) is 1.70. The predicted molar refractivity (Wildman–Crippen MR) is 180 cm³/mol. The van der Waals surface area contributed by atoms with Crippen LogP contribution in [0.25, 0.3) is 0 Å². The molecule has 0 saturated carbocycles. The fourth-order valence-corrected chi connectivity index (χ4v) is 5.32. The summed E-state index contributed by atoms with van der Waals surface area (Å²) >= 11 is 0. The molecule has 5 aromatic rings. The lowest BCUT2D eigenvalue weighted by Gasteiger charge is -2.29. The zero-order valence-electron chi connectivity index (χ0n) is 25.0. The molecule has 5 aromatic carbocycles. The van der Waals surface area contributed by atoms with Crippen LogP contribution in [0.15, 0.2) is 157 Å². The average Bonchev–Trinajstić information content (AvgIpc) is 3.08. The van der Waals surface area contributed by atoms with E-state index in [9.17, 15) is 5.11 Å². The number of hydrogen-bond acceptors (Lipinski definition) is 4. The first-order chi connectivity index (χ1) is 21.2. The highest BCUT2D eigenvalue weighted by Gasteiger charge is 2.19. The van der Waals surface area contributed by atoms with Crippen LogP contribution < -0.4 is 14.5 Å². The fourth-order valence-electron chi connectivity index (χ4n) is 5.32. The van der Waals surface area contributed by atoms with Gasteiger partial charge in [0, 0.05) is 52.2 Å². The van der Waals surface area contributed by atoms with Crippen molar-refractivity contribution in [2.75, 3.05) is 16.9 Å². The largest absolute Gasteiger partial charge is 0.508 e. The average molecular weight is 567 g/mol. The number of phenols is 1. The minimum Gasteiger partial charge on any atom is -0.508 e. The molecule has 1 aliphatic rings. The lowest BCUT2D eigenvalue weighted by molar-refractivity contribution is 0.415. The standard InChI is InChI=1S/C37H32N2O2.C2H6/c1-41-37-17-9-15-35(27-37)39(31-12-6-3-7-13-31)33-24-20-29(21-25-33)28-18-22-32(23-19-28)38(30-10-4-2-5-11-30)34-14-8-16-36(40)26-34;1-2/h2-18,20-28,40H,19H2,1H3;1-2H3. The van der Waals surface area contributed by atoms with Crippen LogP contribution >= 0.6 is 0 Å². The lowest BCUT2D eigenvalue weighted by atomic mass is 9.91. The molecule has 1 atom stereocenters. The van der Waals surface area contributed by atoms with Gasteiger partial charge in [0.15, 0.2) is 0 Å². The van der Waals surface area contributed by atoms with E-state index in [1.165, 1.54) is 5.56 Å². The monoisotopic (exact) mass is 566 g/mol. The smallest absolute Gasteiger partial charge is 0.120 e. The number of anilines is 5. The van der Waals surface area contributed by atoms with Gasteiger partial charge in [-0.3, -0.25) is 0 Å². The molecule has 0 saturated heterocycles. The number of benzene rings is 5. The molecule has 43 heavy (non-hydrogen) atoms. The van der Waals surface area contributed by atoms with E-state index in [1.54, 1.807) is 19.2 Å². The minimum atomic E-state index is 0.250. The highest BCUT2D eigenvalue weighted by Crippen LogP contribution is 2.39. The molecular formula is C39H38N2O2. The van der Waals surface area contributed by atoms with Crippen LogP contribution in [0.4, 0.5) is 28.4 Å². The van der Waals surface area contributed by atoms with Gasteiger partial charge in [-0.25, -0.2) is 0 Å². The van der Waals surface area contributed by atoms with Crippen LogP contribution in [0.5, 0.6) is 11.5 Å². The molecule has 0 spiro atoms. The molecular weight excluding hydrogens is 528 g/mol. The van der Waals surface area contributed by atoms with Gasteiger partial charge < -0.3 is 19.6 Å². The highest BCUT2D eigenvalue weighted by molar-refractivity contribution is 5.77. The Balaban J connectivity index is 0.00000180. The Morgan fingerprint density at radius 2 is 1.16 bits per heavy atom. The summed E-state index contributed by atoms with van der Waals surface area (Å²) in [6.45, 7) is 4.00. The molecule has 6 rings (SSSR count). The summed E-state index contributed by atoms with van der Waals surface area (Å²) < 4.78 is 5.51. The number of hydrogen-bond donors (Lipinski definition) is 1. The van der Waals surface area contributed by atoms with Crippen molar-refractivity contribution in [1.29, 1.82) is 0 Å². The van der Waals surface area contributed by atoms with Gasteiger partial charge in [-0.2, -0.15) is 0 Å². The third kappa shape index (κ3) is 6.82. The van der Waals surface area contributed by atoms with Crippen LogP contribution in [-0.2, 0) is 0 Å². The number of phenolic OH excluding ortho intramolecular Hbond substituents is 1. The van der Waals surface area contributed by atoms with Crippen molar-refractivity contribution >= 4 is 28.4 Å². The van der Waals surface area contributed by atoms with Crippen molar-refractivity contribution in [1.82, 2.24) is 0 Å². The maximum absolute atomic E-state index is 10.2. The summed E-state index contributed by atoms with van der Waals surface area (Å²) in [6.07, 6.45) is 7.62. The molecule has 1 aliphatic carbocycles. The summed E-state index contributed by atoms with van der Waals surface area (Å²) in [5.41, 5.74) is 7.55. The van der Waals surface area contributed by atoms with Crippen molar-refractivity contribution in [3.8, 4) is 11.5 Å². The van der Waals surface area contributed by atoms with Crippen LogP contribution in [-0.4, -0.2) is 12.2 Å². The van der Waals surface area contributed by atoms with Gasteiger partial charge in [-0.15, -0.1) is 0 Å². The normalized spacial score (nSPS) is 13.7. The van der Waals surface area contributed by atoms with Crippen LogP contribution in [0.1, 0.15) is 31.7 Å². The summed E-state index contributed by atoms with van der Waals surface area (Å²) in [6, 6.07) is 45.0. The number of ether oxygens (including phenoxy) is 1. The van der Waals surface area contributed by atoms with Crippen molar-refractivity contribution in [2.24, 2.45) is 0 Å². The highest BCUT2D eigenvalue weighted by atomic mass is 16.5. The zero-order valence-corrected chi connectivity index (χ0v) is 25.0. The van der Waals surface area contributed by atoms with E-state index in [4.69, 9.17) is 4.74 Å². The van der Waals surface area contributed by atoms with E-state index in [2.05, 4.69) is 101 Å². The van der Waals surface area contributed by atoms with Crippen LogP contribution in [0.3, 0.4) is 0 Å². The van der Waals surface area contributed by atoms with Crippen LogP contribution in [0, 0.1) is 0 Å². The molecule has 0 aliphatic heterocycles. The SMILES string of the molecule is CC.COc1cccc(N(c2ccccc2)c2ccc(C3C=CC(N(c4ccccc4)c4cccc(O)c4)=CC3)cc2)c1. The number of aromatic hydroxyl groups is 1. The van der Waals surface area contributed by atoms with Crippen molar-refractivity contribution < 1.29 is 9.84 Å². The molecule has 0 radical (unpaired) electrons. The van der Waals surface area contributed by atoms with Gasteiger partial charge in [-0.1, -0.05) is 86.7 Å². The van der Waals surface area contributed by atoms with E-state index in [0.717, 1.165) is 46.3 Å². The van der Waals surface area contributed by atoms with Gasteiger partial charge >= 0.3 is 0 Å². The molecule has 1 unspecified atom stereocenters. The molecule has 4 heteroatoms. The van der Waals surface area contributed by atoms with E-state index < -0.39 is 0 Å². The first-order valence-electron chi connectivity index (χ1n) is 14.8. The zero-order chi connectivity index (χ0) is 30.0. The van der Waals surface area contributed by atoms with Crippen molar-refractivity contribution in [2.45, 2.75) is 26.2 Å². The van der Waals surface area contributed by atoms with Gasteiger partial charge in [0.2, 0.25) is 0 Å². The summed E-state index contributed by atoms with van der Waals surface area (Å²) in [5, 5.41) is 10.2. The molecule has 0 aromatic heterocycles. The predicted octanol–water partition coefficient (Wildman–Crippen LogP) is 10.7. The molecule has 0 bridgehead atoms. The van der Waals surface area contributed by atoms with E-state index >= 15 is 0 Å². The van der Waals surface area contributed by atoms with Gasteiger partial charge in [0.1, 0.15) is 11.5 Å². The second-order valence-corrected chi connectivity index (χ2v) is 9.99. The quantitative estimate of drug-likeness (QED) is 0.203. The maximum atomic E-state index is 10.2. The summed E-state index contributed by atoms with van der Waals surface area (Å²) in [4.78, 5) is 4.43. The fraction of sp³-hybridized carbons (Fsp3) is 0.128. The van der Waals surface area contributed by atoms with E-state index in [1.807, 2.05) is 62.4 Å². The number of nitrogens with zero attached hydrogens (tertiary/aromatic N) is 2. The summed E-state index contributed by atoms with van der Waals surface area (Å²) in [5.74, 6) is 1.35. The Bertz CT molecular complexity index is 1660. The molecule has 0 heterocycles. The lowest BCUT2D eigenvalue weighted by Crippen LogP contribution is -2.17. The van der Waals surface area contributed by atoms with Crippen molar-refractivity contribution in [3.63, 3.8) is 0 Å². The Morgan fingerprint density at radius 1 is 0.605 bits per heavy atom. The topological polar surface area (TPSA) is 35.9 Å². The molecule has 0 amide bonds. The number of methoxy groups -OCH3 is 1. The number of allylic oxidation sites excluding steroid dienone is 3. The second-order valence-electron chi connectivity index (χ2n) is 9.99. The first kappa shape index (κ1) is 29.3. The second kappa shape index (κ2) is 14.1.